The maximum atomic E-state index is 5.67. The van der Waals surface area contributed by atoms with Crippen molar-refractivity contribution in [1.82, 2.24) is 5.32 Å². The first kappa shape index (κ1) is 7.39. The number of aryl methyl sites for hydroxylation is 1. The Morgan fingerprint density at radius 3 is 3.00 bits per heavy atom. The lowest BCUT2D eigenvalue weighted by Gasteiger charge is -2.38. The Hall–Kier alpha value is -1.02. The molecule has 1 aromatic carbocycles. The van der Waals surface area contributed by atoms with Gasteiger partial charge in [-0.15, -0.1) is 0 Å². The Bertz CT molecular complexity index is 355. The SMILES string of the molecule is Cc1ccc2c(c1)OC[C@]21CCN1. The van der Waals surface area contributed by atoms with Crippen LogP contribution in [0.4, 0.5) is 0 Å². The highest BCUT2D eigenvalue weighted by Crippen LogP contribution is 2.42. The fraction of sp³-hybridized carbons (Fsp3) is 0.455. The van der Waals surface area contributed by atoms with E-state index in [1.807, 2.05) is 0 Å². The summed E-state index contributed by atoms with van der Waals surface area (Å²) in [4.78, 5) is 0. The summed E-state index contributed by atoms with van der Waals surface area (Å²) >= 11 is 0. The average molecular weight is 175 g/mol. The topological polar surface area (TPSA) is 21.3 Å². The van der Waals surface area contributed by atoms with Gasteiger partial charge in [0.15, 0.2) is 0 Å². The molecule has 0 radical (unpaired) electrons. The van der Waals surface area contributed by atoms with Gasteiger partial charge in [-0.25, -0.2) is 0 Å². The van der Waals surface area contributed by atoms with Crippen molar-refractivity contribution in [2.24, 2.45) is 0 Å². The molecule has 0 saturated carbocycles. The lowest BCUT2D eigenvalue weighted by atomic mass is 9.82. The molecule has 2 heterocycles. The molecule has 0 aromatic heterocycles. The minimum Gasteiger partial charge on any atom is -0.491 e. The quantitative estimate of drug-likeness (QED) is 0.646. The van der Waals surface area contributed by atoms with Crippen LogP contribution in [0.15, 0.2) is 18.2 Å². The minimum atomic E-state index is 0.170. The molecule has 0 amide bonds. The number of benzene rings is 1. The molecule has 68 valence electrons. The molecule has 0 aliphatic carbocycles. The van der Waals surface area contributed by atoms with Crippen LogP contribution >= 0.6 is 0 Å². The van der Waals surface area contributed by atoms with Crippen molar-refractivity contribution in [3.8, 4) is 5.75 Å². The third-order valence-electron chi connectivity index (χ3n) is 3.14. The molecule has 1 saturated heterocycles. The smallest absolute Gasteiger partial charge is 0.124 e. The molecule has 0 bridgehead atoms. The molecule has 0 unspecified atom stereocenters. The zero-order valence-electron chi connectivity index (χ0n) is 7.76. The van der Waals surface area contributed by atoms with Gasteiger partial charge in [-0.05, 0) is 31.5 Å². The molecule has 1 spiro atoms. The first-order valence-electron chi connectivity index (χ1n) is 4.79. The molecule has 1 atom stereocenters. The molecule has 1 aromatic rings. The van der Waals surface area contributed by atoms with E-state index < -0.39 is 0 Å². The van der Waals surface area contributed by atoms with Crippen LogP contribution in [0.5, 0.6) is 5.75 Å². The van der Waals surface area contributed by atoms with Crippen LogP contribution in [0.2, 0.25) is 0 Å². The predicted octanol–water partition coefficient (Wildman–Crippen LogP) is 1.58. The molecular formula is C11H13NO. The maximum absolute atomic E-state index is 5.67. The van der Waals surface area contributed by atoms with Crippen LogP contribution in [0.25, 0.3) is 0 Å². The molecule has 2 aliphatic heterocycles. The molecule has 1 fully saturated rings. The van der Waals surface area contributed by atoms with Crippen molar-refractivity contribution in [2.75, 3.05) is 13.2 Å². The third-order valence-corrected chi connectivity index (χ3v) is 3.14. The lowest BCUT2D eigenvalue weighted by Crippen LogP contribution is -2.55. The molecule has 2 heteroatoms. The number of hydrogen-bond acceptors (Lipinski definition) is 2. The minimum absolute atomic E-state index is 0.170. The number of rotatable bonds is 0. The fourth-order valence-electron chi connectivity index (χ4n) is 2.20. The van der Waals surface area contributed by atoms with Crippen LogP contribution in [-0.2, 0) is 5.54 Å². The highest BCUT2D eigenvalue weighted by molar-refractivity contribution is 5.46. The number of ether oxygens (including phenoxy) is 1. The summed E-state index contributed by atoms with van der Waals surface area (Å²) in [6.45, 7) is 4.03. The van der Waals surface area contributed by atoms with Crippen molar-refractivity contribution in [1.29, 1.82) is 0 Å². The first-order valence-corrected chi connectivity index (χ1v) is 4.79. The standard InChI is InChI=1S/C11H13NO/c1-8-2-3-9-10(6-8)13-7-11(9)4-5-12-11/h2-3,6,12H,4-5,7H2,1H3/t11-/m1/s1. The van der Waals surface area contributed by atoms with Gasteiger partial charge < -0.3 is 10.1 Å². The van der Waals surface area contributed by atoms with Gasteiger partial charge in [0.05, 0.1) is 5.54 Å². The second-order valence-corrected chi connectivity index (χ2v) is 4.05. The first-order chi connectivity index (χ1) is 6.30. The summed E-state index contributed by atoms with van der Waals surface area (Å²) in [5, 5.41) is 3.47. The largest absolute Gasteiger partial charge is 0.491 e. The van der Waals surface area contributed by atoms with Gasteiger partial charge in [0.1, 0.15) is 12.4 Å². The van der Waals surface area contributed by atoms with Gasteiger partial charge in [-0.1, -0.05) is 12.1 Å². The van der Waals surface area contributed by atoms with Gasteiger partial charge in [-0.2, -0.15) is 0 Å². The number of nitrogens with one attached hydrogen (secondary N) is 1. The zero-order chi connectivity index (χ0) is 8.89. The monoisotopic (exact) mass is 175 g/mol. The van der Waals surface area contributed by atoms with E-state index in [1.165, 1.54) is 17.5 Å². The van der Waals surface area contributed by atoms with Crippen LogP contribution in [0.3, 0.4) is 0 Å². The van der Waals surface area contributed by atoms with E-state index in [1.54, 1.807) is 0 Å². The fourth-order valence-corrected chi connectivity index (χ4v) is 2.20. The van der Waals surface area contributed by atoms with Crippen molar-refractivity contribution >= 4 is 0 Å². The third kappa shape index (κ3) is 0.866. The van der Waals surface area contributed by atoms with Gasteiger partial charge in [0.2, 0.25) is 0 Å². The van der Waals surface area contributed by atoms with Crippen molar-refractivity contribution < 1.29 is 4.74 Å². The predicted molar refractivity (Wildman–Crippen MR) is 51.0 cm³/mol. The normalized spacial score (nSPS) is 29.6. The van der Waals surface area contributed by atoms with E-state index in [2.05, 4.69) is 30.4 Å². The second kappa shape index (κ2) is 2.26. The van der Waals surface area contributed by atoms with E-state index in [-0.39, 0.29) is 5.54 Å². The molecule has 2 nitrogen and oxygen atoms in total. The molecular weight excluding hydrogens is 162 g/mol. The molecule has 13 heavy (non-hydrogen) atoms. The van der Waals surface area contributed by atoms with Gasteiger partial charge in [-0.3, -0.25) is 0 Å². The Kier molecular flexibility index (Phi) is 1.29. The van der Waals surface area contributed by atoms with Crippen LogP contribution in [-0.4, -0.2) is 13.2 Å². The van der Waals surface area contributed by atoms with E-state index in [0.717, 1.165) is 18.9 Å². The van der Waals surface area contributed by atoms with Crippen molar-refractivity contribution in [2.45, 2.75) is 18.9 Å². The molecule has 3 rings (SSSR count). The van der Waals surface area contributed by atoms with Gasteiger partial charge in [0, 0.05) is 5.56 Å². The summed E-state index contributed by atoms with van der Waals surface area (Å²) in [5.74, 6) is 1.08. The van der Waals surface area contributed by atoms with E-state index in [0.29, 0.717) is 0 Å². The van der Waals surface area contributed by atoms with E-state index in [9.17, 15) is 0 Å². The number of hydrogen-bond donors (Lipinski definition) is 1. The molecule has 2 aliphatic rings. The Morgan fingerprint density at radius 2 is 2.31 bits per heavy atom. The highest BCUT2D eigenvalue weighted by atomic mass is 16.5. The van der Waals surface area contributed by atoms with Gasteiger partial charge >= 0.3 is 0 Å². The summed E-state index contributed by atoms with van der Waals surface area (Å²) in [6.07, 6.45) is 1.21. The van der Waals surface area contributed by atoms with Crippen LogP contribution in [0, 0.1) is 6.92 Å². The Morgan fingerprint density at radius 1 is 1.46 bits per heavy atom. The van der Waals surface area contributed by atoms with Crippen molar-refractivity contribution in [3.63, 3.8) is 0 Å². The summed E-state index contributed by atoms with van der Waals surface area (Å²) in [7, 11) is 0. The van der Waals surface area contributed by atoms with E-state index >= 15 is 0 Å². The molecule has 1 N–H and O–H groups in total. The lowest BCUT2D eigenvalue weighted by molar-refractivity contribution is 0.154. The second-order valence-electron chi connectivity index (χ2n) is 4.05. The average Bonchev–Trinajstić information content (AvgIpc) is 2.41. The van der Waals surface area contributed by atoms with Gasteiger partial charge in [0.25, 0.3) is 0 Å². The van der Waals surface area contributed by atoms with Crippen molar-refractivity contribution in [3.05, 3.63) is 29.3 Å². The van der Waals surface area contributed by atoms with Crippen LogP contribution in [0.1, 0.15) is 17.5 Å². The summed E-state index contributed by atoms with van der Waals surface area (Å²) in [6, 6.07) is 6.49. The Balaban J connectivity index is 2.11. The maximum Gasteiger partial charge on any atom is 0.124 e. The highest BCUT2D eigenvalue weighted by Gasteiger charge is 2.45. The summed E-state index contributed by atoms with van der Waals surface area (Å²) in [5.41, 5.74) is 2.79. The zero-order valence-corrected chi connectivity index (χ0v) is 7.76. The summed E-state index contributed by atoms with van der Waals surface area (Å²) < 4.78 is 5.67. The van der Waals surface area contributed by atoms with Crippen LogP contribution < -0.4 is 10.1 Å². The Labute approximate surface area is 77.9 Å². The van der Waals surface area contributed by atoms with E-state index in [4.69, 9.17) is 4.74 Å². The number of fused-ring (bicyclic) bond motifs is 2.